The second-order valence-electron chi connectivity index (χ2n) is 11.6. The number of aliphatic hydroxyl groups is 2. The molecule has 0 saturated heterocycles. The van der Waals surface area contributed by atoms with E-state index in [4.69, 9.17) is 5.73 Å². The van der Waals surface area contributed by atoms with Gasteiger partial charge in [-0.1, -0.05) is 36.4 Å². The maximum atomic E-state index is 11.7. The lowest BCUT2D eigenvalue weighted by Gasteiger charge is -2.28. The third-order valence-electron chi connectivity index (χ3n) is 7.40. The van der Waals surface area contributed by atoms with Crippen molar-refractivity contribution >= 4 is 31.4 Å². The number of nitrogens with one attached hydrogen (secondary N) is 2. The summed E-state index contributed by atoms with van der Waals surface area (Å²) in [5.41, 5.74) is 8.66. The Morgan fingerprint density at radius 2 is 1.09 bits per heavy atom. The van der Waals surface area contributed by atoms with Crippen molar-refractivity contribution in [3.63, 3.8) is 0 Å². The molecule has 0 aliphatic heterocycles. The zero-order chi connectivity index (χ0) is 33.9. The predicted octanol–water partition coefficient (Wildman–Crippen LogP) is 3.21. The van der Waals surface area contributed by atoms with Gasteiger partial charge in [0.1, 0.15) is 11.5 Å². The van der Waals surface area contributed by atoms with Gasteiger partial charge in [-0.25, -0.2) is 16.8 Å². The molecular weight excluding hydrogens is 633 g/mol. The number of nitrogens with two attached hydrogens (primary N) is 1. The Morgan fingerprint density at radius 3 is 1.48 bits per heavy atom. The Bertz CT molecular complexity index is 1540. The molecule has 46 heavy (non-hydrogen) atoms. The minimum atomic E-state index is -3.68. The van der Waals surface area contributed by atoms with Crippen molar-refractivity contribution in [2.24, 2.45) is 5.73 Å². The van der Waals surface area contributed by atoms with E-state index >= 15 is 0 Å². The standard InChI is InChI=1S/C32H46N4O8S2/c1-45(41,42)34-27-19-25(13-15-29(27)37)31(39)21-36(18-6-4-8-24-11-9-23(10-12-24)7-3-5-17-33)22-32(40)26-14-16-30(38)28(20-26)35-46(2,43)44/h9-16,19-20,31-32,34-35,37-40H,3-8,17-18,21-22,33H2,1-2H3/t31-,32-/m0/s1. The first-order valence-corrected chi connectivity index (χ1v) is 18.9. The lowest BCUT2D eigenvalue weighted by Crippen LogP contribution is -2.33. The fraction of sp³-hybridized carbons (Fsp3) is 0.438. The van der Waals surface area contributed by atoms with Gasteiger partial charge in [-0.2, -0.15) is 0 Å². The second kappa shape index (κ2) is 17.0. The van der Waals surface area contributed by atoms with E-state index in [0.717, 1.165) is 51.0 Å². The average Bonchev–Trinajstić information content (AvgIpc) is 2.97. The van der Waals surface area contributed by atoms with Crippen LogP contribution in [-0.2, 0) is 32.9 Å². The Kier molecular flexibility index (Phi) is 13.7. The van der Waals surface area contributed by atoms with Gasteiger partial charge in [-0.05, 0) is 98.1 Å². The van der Waals surface area contributed by atoms with Crippen LogP contribution in [0.1, 0.15) is 60.1 Å². The molecule has 0 bridgehead atoms. The van der Waals surface area contributed by atoms with Crippen LogP contribution in [0, 0.1) is 0 Å². The molecule has 0 unspecified atom stereocenters. The van der Waals surface area contributed by atoms with Gasteiger partial charge in [0.2, 0.25) is 20.0 Å². The summed E-state index contributed by atoms with van der Waals surface area (Å²) >= 11 is 0. The van der Waals surface area contributed by atoms with Crippen molar-refractivity contribution in [1.82, 2.24) is 4.90 Å². The molecule has 0 saturated carbocycles. The molecule has 254 valence electrons. The zero-order valence-corrected chi connectivity index (χ0v) is 27.9. The molecule has 0 aliphatic rings. The molecule has 0 heterocycles. The van der Waals surface area contributed by atoms with Crippen molar-refractivity contribution < 1.29 is 37.3 Å². The largest absolute Gasteiger partial charge is 0.506 e. The minimum Gasteiger partial charge on any atom is -0.506 e. The van der Waals surface area contributed by atoms with Crippen LogP contribution in [0.25, 0.3) is 0 Å². The summed E-state index contributed by atoms with van der Waals surface area (Å²) < 4.78 is 51.4. The van der Waals surface area contributed by atoms with Gasteiger partial charge in [0, 0.05) is 13.1 Å². The molecule has 0 aliphatic carbocycles. The number of aryl methyl sites for hydroxylation is 2. The van der Waals surface area contributed by atoms with Crippen molar-refractivity contribution in [1.29, 1.82) is 0 Å². The first kappa shape index (κ1) is 37.1. The van der Waals surface area contributed by atoms with Gasteiger partial charge in [0.15, 0.2) is 0 Å². The number of phenols is 2. The van der Waals surface area contributed by atoms with E-state index < -0.39 is 32.3 Å². The van der Waals surface area contributed by atoms with Crippen LogP contribution in [0.4, 0.5) is 11.4 Å². The molecular formula is C32H46N4O8S2. The number of hydrogen-bond acceptors (Lipinski definition) is 10. The Morgan fingerprint density at radius 1 is 0.674 bits per heavy atom. The van der Waals surface area contributed by atoms with Gasteiger partial charge >= 0.3 is 0 Å². The van der Waals surface area contributed by atoms with E-state index in [1.54, 1.807) is 0 Å². The van der Waals surface area contributed by atoms with E-state index in [0.29, 0.717) is 24.2 Å². The van der Waals surface area contributed by atoms with Crippen LogP contribution in [0.5, 0.6) is 11.5 Å². The Labute approximate surface area is 272 Å². The number of unbranched alkanes of at least 4 members (excludes halogenated alkanes) is 2. The summed E-state index contributed by atoms with van der Waals surface area (Å²) in [6.07, 6.45) is 5.21. The molecule has 0 radical (unpaired) electrons. The molecule has 3 rings (SSSR count). The number of phenolic OH excluding ortho intramolecular Hbond substituents is 2. The van der Waals surface area contributed by atoms with E-state index in [1.807, 2.05) is 4.90 Å². The fourth-order valence-electron chi connectivity index (χ4n) is 5.05. The molecule has 8 N–H and O–H groups in total. The number of nitrogens with zero attached hydrogens (tertiary/aromatic N) is 1. The second-order valence-corrected chi connectivity index (χ2v) is 15.1. The normalized spacial score (nSPS) is 13.4. The number of rotatable bonds is 19. The molecule has 14 heteroatoms. The summed E-state index contributed by atoms with van der Waals surface area (Å²) in [6.45, 7) is 1.34. The maximum absolute atomic E-state index is 11.7. The topological polar surface area (TPSA) is 203 Å². The van der Waals surface area contributed by atoms with E-state index in [-0.39, 0.29) is 36.0 Å². The van der Waals surface area contributed by atoms with Crippen LogP contribution in [0.2, 0.25) is 0 Å². The zero-order valence-electron chi connectivity index (χ0n) is 26.3. The van der Waals surface area contributed by atoms with Gasteiger partial charge < -0.3 is 26.2 Å². The predicted molar refractivity (Wildman–Crippen MR) is 181 cm³/mol. The lowest BCUT2D eigenvalue weighted by atomic mass is 10.0. The number of sulfonamides is 2. The maximum Gasteiger partial charge on any atom is 0.229 e. The molecule has 3 aromatic rings. The lowest BCUT2D eigenvalue weighted by molar-refractivity contribution is 0.0679. The number of aromatic hydroxyl groups is 2. The van der Waals surface area contributed by atoms with Crippen molar-refractivity contribution in [3.05, 3.63) is 82.9 Å². The van der Waals surface area contributed by atoms with E-state index in [2.05, 4.69) is 33.7 Å². The van der Waals surface area contributed by atoms with Gasteiger partial charge in [-0.15, -0.1) is 0 Å². The third-order valence-corrected chi connectivity index (χ3v) is 8.58. The quantitative estimate of drug-likeness (QED) is 0.0729. The summed E-state index contributed by atoms with van der Waals surface area (Å²) in [5.74, 6) is -0.578. The first-order chi connectivity index (χ1) is 21.6. The summed E-state index contributed by atoms with van der Waals surface area (Å²) in [6, 6.07) is 16.8. The van der Waals surface area contributed by atoms with E-state index in [1.165, 1.54) is 47.5 Å². The Hall–Kier alpha value is -3.40. The highest BCUT2D eigenvalue weighted by Gasteiger charge is 2.21. The first-order valence-electron chi connectivity index (χ1n) is 15.1. The molecule has 0 spiro atoms. The third kappa shape index (κ3) is 12.8. The monoisotopic (exact) mass is 678 g/mol. The number of hydrogen-bond donors (Lipinski definition) is 7. The van der Waals surface area contributed by atoms with Crippen LogP contribution >= 0.6 is 0 Å². The van der Waals surface area contributed by atoms with Crippen molar-refractivity contribution in [2.75, 3.05) is 48.1 Å². The minimum absolute atomic E-state index is 0.0639. The van der Waals surface area contributed by atoms with Gasteiger partial charge in [0.05, 0.1) is 36.1 Å². The highest BCUT2D eigenvalue weighted by Crippen LogP contribution is 2.30. The van der Waals surface area contributed by atoms with E-state index in [9.17, 15) is 37.3 Å². The number of anilines is 2. The molecule has 0 fully saturated rings. The number of aliphatic hydroxyl groups excluding tert-OH is 2. The van der Waals surface area contributed by atoms with Crippen LogP contribution in [0.15, 0.2) is 60.7 Å². The fourth-order valence-corrected chi connectivity index (χ4v) is 6.18. The number of benzene rings is 3. The average molecular weight is 679 g/mol. The molecule has 3 aromatic carbocycles. The molecule has 0 amide bonds. The highest BCUT2D eigenvalue weighted by atomic mass is 32.2. The molecule has 2 atom stereocenters. The SMILES string of the molecule is CS(=O)(=O)Nc1cc([C@@H](O)CN(CCCCc2ccc(CCCCN)cc2)C[C@H](O)c2ccc(O)c(NS(C)(=O)=O)c2)ccc1O. The molecule has 0 aromatic heterocycles. The summed E-state index contributed by atoms with van der Waals surface area (Å²) in [4.78, 5) is 1.86. The summed E-state index contributed by atoms with van der Waals surface area (Å²) in [7, 11) is -7.35. The summed E-state index contributed by atoms with van der Waals surface area (Å²) in [5, 5.41) is 42.5. The van der Waals surface area contributed by atoms with Gasteiger partial charge in [0.25, 0.3) is 0 Å². The Balaban J connectivity index is 1.72. The van der Waals surface area contributed by atoms with Crippen molar-refractivity contribution in [2.45, 2.75) is 50.7 Å². The molecule has 12 nitrogen and oxygen atoms in total. The smallest absolute Gasteiger partial charge is 0.229 e. The highest BCUT2D eigenvalue weighted by molar-refractivity contribution is 7.92. The van der Waals surface area contributed by atoms with Gasteiger partial charge in [-0.3, -0.25) is 14.3 Å². The van der Waals surface area contributed by atoms with Crippen LogP contribution in [-0.4, -0.2) is 80.9 Å². The van der Waals surface area contributed by atoms with Crippen molar-refractivity contribution in [3.8, 4) is 11.5 Å². The van der Waals surface area contributed by atoms with Crippen LogP contribution < -0.4 is 15.2 Å². The van der Waals surface area contributed by atoms with Crippen LogP contribution in [0.3, 0.4) is 0 Å².